The normalized spacial score (nSPS) is 18.8. The lowest BCUT2D eigenvalue weighted by molar-refractivity contribution is 0.000441. The molecule has 1 aromatic carbocycles. The Labute approximate surface area is 146 Å². The number of nitrogens with zero attached hydrogens (tertiary/aromatic N) is 2. The van der Waals surface area contributed by atoms with Gasteiger partial charge in [-0.25, -0.2) is 13.4 Å². The SMILES string of the molecule is CS(=O)(=O)N1CCOC(CNC(=O)c2ccccc2-c2ncc[nH]2)C1. The Bertz CT molecular complexity index is 836. The average Bonchev–Trinajstić information content (AvgIpc) is 3.14. The van der Waals surface area contributed by atoms with Crippen molar-refractivity contribution in [3.05, 3.63) is 42.2 Å². The van der Waals surface area contributed by atoms with Crippen molar-refractivity contribution >= 4 is 15.9 Å². The maximum Gasteiger partial charge on any atom is 0.252 e. The van der Waals surface area contributed by atoms with Crippen molar-refractivity contribution in [2.75, 3.05) is 32.5 Å². The van der Waals surface area contributed by atoms with Crippen LogP contribution in [-0.2, 0) is 14.8 Å². The molecule has 0 radical (unpaired) electrons. The molecule has 1 aliphatic heterocycles. The topological polar surface area (TPSA) is 104 Å². The van der Waals surface area contributed by atoms with Crippen LogP contribution in [0.25, 0.3) is 11.4 Å². The molecule has 1 unspecified atom stereocenters. The van der Waals surface area contributed by atoms with E-state index in [0.29, 0.717) is 30.1 Å². The number of amides is 1. The zero-order valence-electron chi connectivity index (χ0n) is 13.8. The third-order valence-electron chi connectivity index (χ3n) is 3.99. The maximum absolute atomic E-state index is 12.5. The van der Waals surface area contributed by atoms with Crippen molar-refractivity contribution < 1.29 is 17.9 Å². The second-order valence-electron chi connectivity index (χ2n) is 5.81. The fourth-order valence-corrected chi connectivity index (χ4v) is 3.56. The molecule has 1 atom stereocenters. The Balaban J connectivity index is 1.66. The number of hydrogen-bond donors (Lipinski definition) is 2. The molecule has 2 N–H and O–H groups in total. The van der Waals surface area contributed by atoms with Gasteiger partial charge in [0.2, 0.25) is 10.0 Å². The number of aromatic amines is 1. The van der Waals surface area contributed by atoms with Crippen LogP contribution >= 0.6 is 0 Å². The summed E-state index contributed by atoms with van der Waals surface area (Å²) in [4.78, 5) is 19.7. The molecule has 134 valence electrons. The van der Waals surface area contributed by atoms with Gasteiger partial charge in [-0.15, -0.1) is 0 Å². The van der Waals surface area contributed by atoms with E-state index in [1.807, 2.05) is 12.1 Å². The van der Waals surface area contributed by atoms with Gasteiger partial charge in [-0.1, -0.05) is 18.2 Å². The van der Waals surface area contributed by atoms with Crippen molar-refractivity contribution in [2.45, 2.75) is 6.10 Å². The molecule has 2 heterocycles. The summed E-state index contributed by atoms with van der Waals surface area (Å²) in [6, 6.07) is 7.15. The summed E-state index contributed by atoms with van der Waals surface area (Å²) < 4.78 is 30.2. The van der Waals surface area contributed by atoms with E-state index in [2.05, 4.69) is 15.3 Å². The number of carbonyl (C=O) groups excluding carboxylic acids is 1. The first-order valence-electron chi connectivity index (χ1n) is 7.89. The van der Waals surface area contributed by atoms with Crippen molar-refractivity contribution in [3.8, 4) is 11.4 Å². The molecule has 3 rings (SSSR count). The van der Waals surface area contributed by atoms with Crippen LogP contribution in [-0.4, -0.2) is 67.2 Å². The third-order valence-corrected chi connectivity index (χ3v) is 5.26. The number of morpholine rings is 1. The summed E-state index contributed by atoms with van der Waals surface area (Å²) in [5, 5.41) is 2.82. The van der Waals surface area contributed by atoms with Gasteiger partial charge < -0.3 is 15.0 Å². The number of nitrogens with one attached hydrogen (secondary N) is 2. The van der Waals surface area contributed by atoms with E-state index in [-0.39, 0.29) is 25.1 Å². The second-order valence-corrected chi connectivity index (χ2v) is 7.79. The van der Waals surface area contributed by atoms with E-state index in [1.54, 1.807) is 24.5 Å². The van der Waals surface area contributed by atoms with E-state index in [1.165, 1.54) is 10.6 Å². The van der Waals surface area contributed by atoms with Crippen molar-refractivity contribution in [3.63, 3.8) is 0 Å². The predicted octanol–water partition coefficient (Wildman–Crippen LogP) is 0.467. The standard InChI is InChI=1S/C16H20N4O4S/c1-25(22,23)20-8-9-24-12(11-20)10-19-16(21)14-5-3-2-4-13(14)15-17-6-7-18-15/h2-7,12H,8-11H2,1H3,(H,17,18)(H,19,21). The van der Waals surface area contributed by atoms with Crippen LogP contribution in [0.1, 0.15) is 10.4 Å². The van der Waals surface area contributed by atoms with E-state index >= 15 is 0 Å². The number of imidazole rings is 1. The molecule has 1 aromatic heterocycles. The average molecular weight is 364 g/mol. The van der Waals surface area contributed by atoms with Gasteiger partial charge in [-0.3, -0.25) is 4.79 Å². The van der Waals surface area contributed by atoms with Crippen LogP contribution in [0.4, 0.5) is 0 Å². The van der Waals surface area contributed by atoms with Gasteiger partial charge in [0.05, 0.1) is 24.5 Å². The van der Waals surface area contributed by atoms with E-state index < -0.39 is 10.0 Å². The lowest BCUT2D eigenvalue weighted by Gasteiger charge is -2.31. The second kappa shape index (κ2) is 7.34. The van der Waals surface area contributed by atoms with Gasteiger partial charge in [0, 0.05) is 37.6 Å². The Morgan fingerprint density at radius 3 is 2.96 bits per heavy atom. The fourth-order valence-electron chi connectivity index (χ4n) is 2.72. The van der Waals surface area contributed by atoms with Crippen LogP contribution < -0.4 is 5.32 Å². The van der Waals surface area contributed by atoms with Crippen molar-refractivity contribution in [1.29, 1.82) is 0 Å². The molecule has 0 aliphatic carbocycles. The fraction of sp³-hybridized carbons (Fsp3) is 0.375. The quantitative estimate of drug-likeness (QED) is 0.802. The molecular formula is C16H20N4O4S. The van der Waals surface area contributed by atoms with Crippen LogP contribution in [0, 0.1) is 0 Å². The van der Waals surface area contributed by atoms with E-state index in [9.17, 15) is 13.2 Å². The number of hydrogen-bond acceptors (Lipinski definition) is 5. The molecule has 1 amide bonds. The highest BCUT2D eigenvalue weighted by molar-refractivity contribution is 7.88. The molecule has 2 aromatic rings. The number of aromatic nitrogens is 2. The molecule has 0 bridgehead atoms. The highest BCUT2D eigenvalue weighted by atomic mass is 32.2. The van der Waals surface area contributed by atoms with Gasteiger partial charge in [0.15, 0.2) is 0 Å². The molecule has 0 saturated carbocycles. The molecule has 25 heavy (non-hydrogen) atoms. The van der Waals surface area contributed by atoms with Crippen molar-refractivity contribution in [2.24, 2.45) is 0 Å². The van der Waals surface area contributed by atoms with Gasteiger partial charge in [0.25, 0.3) is 5.91 Å². The lowest BCUT2D eigenvalue weighted by Crippen LogP contribution is -2.49. The molecule has 8 nitrogen and oxygen atoms in total. The molecule has 0 spiro atoms. The van der Waals surface area contributed by atoms with Crippen LogP contribution in [0.15, 0.2) is 36.7 Å². The number of H-pyrrole nitrogens is 1. The summed E-state index contributed by atoms with van der Waals surface area (Å²) >= 11 is 0. The summed E-state index contributed by atoms with van der Waals surface area (Å²) in [7, 11) is -3.26. The van der Waals surface area contributed by atoms with Crippen molar-refractivity contribution in [1.82, 2.24) is 19.6 Å². The molecule has 9 heteroatoms. The molecule has 1 aliphatic rings. The number of ether oxygens (including phenoxy) is 1. The third kappa shape index (κ3) is 4.25. The van der Waals surface area contributed by atoms with Gasteiger partial charge in [0.1, 0.15) is 5.82 Å². The Kier molecular flexibility index (Phi) is 5.16. The van der Waals surface area contributed by atoms with E-state index in [4.69, 9.17) is 4.74 Å². The van der Waals surface area contributed by atoms with Gasteiger partial charge >= 0.3 is 0 Å². The zero-order valence-corrected chi connectivity index (χ0v) is 14.6. The Morgan fingerprint density at radius 2 is 2.24 bits per heavy atom. The van der Waals surface area contributed by atoms with Gasteiger partial charge in [-0.2, -0.15) is 4.31 Å². The monoisotopic (exact) mass is 364 g/mol. The van der Waals surface area contributed by atoms with Gasteiger partial charge in [-0.05, 0) is 6.07 Å². The zero-order chi connectivity index (χ0) is 17.9. The highest BCUT2D eigenvalue weighted by Gasteiger charge is 2.27. The highest BCUT2D eigenvalue weighted by Crippen LogP contribution is 2.19. The van der Waals surface area contributed by atoms with Crippen LogP contribution in [0.2, 0.25) is 0 Å². The number of carbonyl (C=O) groups is 1. The minimum Gasteiger partial charge on any atom is -0.374 e. The Hall–Kier alpha value is -2.23. The number of benzene rings is 1. The first kappa shape index (κ1) is 17.6. The maximum atomic E-state index is 12.5. The summed E-state index contributed by atoms with van der Waals surface area (Å²) in [5.74, 6) is 0.356. The van der Waals surface area contributed by atoms with Crippen LogP contribution in [0.5, 0.6) is 0 Å². The summed E-state index contributed by atoms with van der Waals surface area (Å²) in [6.07, 6.45) is 4.12. The largest absolute Gasteiger partial charge is 0.374 e. The first-order valence-corrected chi connectivity index (χ1v) is 9.73. The first-order chi connectivity index (χ1) is 11.9. The minimum absolute atomic E-state index is 0.233. The molecular weight excluding hydrogens is 344 g/mol. The Morgan fingerprint density at radius 1 is 1.44 bits per heavy atom. The predicted molar refractivity (Wildman–Crippen MR) is 92.5 cm³/mol. The summed E-state index contributed by atoms with van der Waals surface area (Å²) in [6.45, 7) is 1.12. The molecule has 1 saturated heterocycles. The summed E-state index contributed by atoms with van der Waals surface area (Å²) in [5.41, 5.74) is 1.19. The number of sulfonamides is 1. The van der Waals surface area contributed by atoms with Crippen LogP contribution in [0.3, 0.4) is 0 Å². The number of rotatable bonds is 5. The van der Waals surface area contributed by atoms with E-state index in [0.717, 1.165) is 0 Å². The molecule has 1 fully saturated rings. The smallest absolute Gasteiger partial charge is 0.252 e. The minimum atomic E-state index is -3.26. The lowest BCUT2D eigenvalue weighted by atomic mass is 10.1.